The fourth-order valence-corrected chi connectivity index (χ4v) is 4.79. The Kier molecular flexibility index (Phi) is 4.97. The van der Waals surface area contributed by atoms with Crippen LogP contribution < -0.4 is 4.72 Å². The van der Waals surface area contributed by atoms with Gasteiger partial charge in [0, 0.05) is 23.7 Å². The molecule has 2 fully saturated rings. The average molecular weight is 350 g/mol. The molecular formula is C18H26N2O3S. The molecule has 3 rings (SSSR count). The first-order valence-corrected chi connectivity index (χ1v) is 10.3. The molecule has 24 heavy (non-hydrogen) atoms. The van der Waals surface area contributed by atoms with Gasteiger partial charge in [0.1, 0.15) is 0 Å². The Hall–Kier alpha value is -1.40. The average Bonchev–Trinajstić information content (AvgIpc) is 3.20. The monoisotopic (exact) mass is 350 g/mol. The summed E-state index contributed by atoms with van der Waals surface area (Å²) in [5.74, 6) is -0.0222. The Bertz CT molecular complexity index is 705. The number of carbonyl (C=O) groups excluding carboxylic acids is 1. The van der Waals surface area contributed by atoms with Crippen molar-refractivity contribution in [1.82, 2.24) is 9.62 Å². The third kappa shape index (κ3) is 3.81. The van der Waals surface area contributed by atoms with Crippen LogP contribution in [0.2, 0.25) is 0 Å². The molecule has 132 valence electrons. The Balaban J connectivity index is 1.86. The van der Waals surface area contributed by atoms with Crippen molar-refractivity contribution in [2.24, 2.45) is 0 Å². The van der Waals surface area contributed by atoms with E-state index in [9.17, 15) is 13.2 Å². The Morgan fingerprint density at radius 3 is 2.33 bits per heavy atom. The first kappa shape index (κ1) is 17.4. The maximum absolute atomic E-state index is 13.0. The van der Waals surface area contributed by atoms with Gasteiger partial charge in [0.25, 0.3) is 5.91 Å². The number of nitrogens with zero attached hydrogens (tertiary/aromatic N) is 1. The molecule has 1 N–H and O–H groups in total. The predicted octanol–water partition coefficient (Wildman–Crippen LogP) is 2.92. The van der Waals surface area contributed by atoms with Gasteiger partial charge >= 0.3 is 0 Å². The topological polar surface area (TPSA) is 66.5 Å². The van der Waals surface area contributed by atoms with E-state index in [1.807, 2.05) is 4.90 Å². The zero-order chi connectivity index (χ0) is 17.3. The number of amides is 1. The van der Waals surface area contributed by atoms with E-state index in [4.69, 9.17) is 0 Å². The molecule has 6 heteroatoms. The highest BCUT2D eigenvalue weighted by atomic mass is 32.2. The summed E-state index contributed by atoms with van der Waals surface area (Å²) in [6, 6.07) is 6.91. The van der Waals surface area contributed by atoms with Crippen molar-refractivity contribution in [3.63, 3.8) is 0 Å². The molecule has 0 spiro atoms. The largest absolute Gasteiger partial charge is 0.333 e. The molecule has 0 atom stereocenters. The SMILES string of the molecule is CC(C)NS(=O)(=O)c1cccc(C(=O)N(C2CCCC2)C2CC2)c1. The molecule has 0 bridgehead atoms. The molecule has 1 amide bonds. The van der Waals surface area contributed by atoms with Crippen LogP contribution in [0.1, 0.15) is 62.7 Å². The minimum atomic E-state index is -3.59. The third-order valence-electron chi connectivity index (χ3n) is 4.68. The molecule has 2 aliphatic rings. The minimum Gasteiger partial charge on any atom is -0.333 e. The highest BCUT2D eigenvalue weighted by Gasteiger charge is 2.38. The third-order valence-corrected chi connectivity index (χ3v) is 6.33. The van der Waals surface area contributed by atoms with Gasteiger partial charge in [0.2, 0.25) is 10.0 Å². The quantitative estimate of drug-likeness (QED) is 0.858. The standard InChI is InChI=1S/C18H26N2O3S/c1-13(2)19-24(22,23)17-9-5-6-14(12-17)18(21)20(16-10-11-16)15-7-3-4-8-15/h5-6,9,12-13,15-16,19H,3-4,7-8,10-11H2,1-2H3. The van der Waals surface area contributed by atoms with Gasteiger partial charge < -0.3 is 4.90 Å². The molecule has 0 saturated heterocycles. The van der Waals surface area contributed by atoms with Crippen molar-refractivity contribution < 1.29 is 13.2 Å². The summed E-state index contributed by atoms with van der Waals surface area (Å²) in [7, 11) is -3.59. The molecule has 2 saturated carbocycles. The molecular weight excluding hydrogens is 324 g/mol. The molecule has 1 aromatic carbocycles. The van der Waals surface area contributed by atoms with Gasteiger partial charge in [-0.25, -0.2) is 13.1 Å². The summed E-state index contributed by atoms with van der Waals surface area (Å²) < 4.78 is 27.3. The molecule has 2 aliphatic carbocycles. The van der Waals surface area contributed by atoms with Crippen LogP contribution in [0.15, 0.2) is 29.2 Å². The van der Waals surface area contributed by atoms with Crippen molar-refractivity contribution in [2.75, 3.05) is 0 Å². The summed E-state index contributed by atoms with van der Waals surface area (Å²) >= 11 is 0. The summed E-state index contributed by atoms with van der Waals surface area (Å²) in [5.41, 5.74) is 0.473. The Labute approximate surface area is 144 Å². The molecule has 0 heterocycles. The van der Waals surface area contributed by atoms with E-state index in [-0.39, 0.29) is 16.8 Å². The number of nitrogens with one attached hydrogen (secondary N) is 1. The van der Waals surface area contributed by atoms with Crippen molar-refractivity contribution in [3.8, 4) is 0 Å². The molecule has 5 nitrogen and oxygen atoms in total. The summed E-state index contributed by atoms with van der Waals surface area (Å²) in [4.78, 5) is 15.2. The predicted molar refractivity (Wildman–Crippen MR) is 93.3 cm³/mol. The van der Waals surface area contributed by atoms with Crippen LogP contribution in [-0.4, -0.2) is 37.4 Å². The van der Waals surface area contributed by atoms with Crippen LogP contribution in [0, 0.1) is 0 Å². The molecule has 0 aliphatic heterocycles. The number of sulfonamides is 1. The van der Waals surface area contributed by atoms with Gasteiger partial charge in [-0.15, -0.1) is 0 Å². The fourth-order valence-electron chi connectivity index (χ4n) is 3.49. The minimum absolute atomic E-state index is 0.0222. The van der Waals surface area contributed by atoms with Gasteiger partial charge in [-0.05, 0) is 57.7 Å². The number of benzene rings is 1. The van der Waals surface area contributed by atoms with Gasteiger partial charge in [0.15, 0.2) is 0 Å². The normalized spacial score (nSPS) is 19.0. The van der Waals surface area contributed by atoms with Crippen LogP contribution >= 0.6 is 0 Å². The van der Waals surface area contributed by atoms with Crippen LogP contribution in [0.25, 0.3) is 0 Å². The van der Waals surface area contributed by atoms with E-state index in [1.165, 1.54) is 18.9 Å². The summed E-state index contributed by atoms with van der Waals surface area (Å²) in [6.45, 7) is 3.56. The maximum Gasteiger partial charge on any atom is 0.254 e. The number of hydrogen-bond acceptors (Lipinski definition) is 3. The summed E-state index contributed by atoms with van der Waals surface area (Å²) in [6.07, 6.45) is 6.61. The highest BCUT2D eigenvalue weighted by molar-refractivity contribution is 7.89. The van der Waals surface area contributed by atoms with Gasteiger partial charge in [-0.3, -0.25) is 4.79 Å². The Morgan fingerprint density at radius 1 is 1.12 bits per heavy atom. The van der Waals surface area contributed by atoms with Gasteiger partial charge in [-0.1, -0.05) is 18.9 Å². The fraction of sp³-hybridized carbons (Fsp3) is 0.611. The van der Waals surface area contributed by atoms with Crippen molar-refractivity contribution in [2.45, 2.75) is 75.4 Å². The van der Waals surface area contributed by atoms with E-state index in [0.717, 1.165) is 25.7 Å². The Morgan fingerprint density at radius 2 is 1.75 bits per heavy atom. The van der Waals surface area contributed by atoms with Gasteiger partial charge in [0.05, 0.1) is 4.90 Å². The second-order valence-electron chi connectivity index (χ2n) is 7.19. The highest BCUT2D eigenvalue weighted by Crippen LogP contribution is 2.35. The summed E-state index contributed by atoms with van der Waals surface area (Å²) in [5, 5.41) is 0. The molecule has 0 unspecified atom stereocenters. The molecule has 0 aromatic heterocycles. The first-order chi connectivity index (χ1) is 11.4. The van der Waals surface area contributed by atoms with Crippen molar-refractivity contribution in [1.29, 1.82) is 0 Å². The lowest BCUT2D eigenvalue weighted by atomic mass is 10.1. The number of hydrogen-bond donors (Lipinski definition) is 1. The van der Waals surface area contributed by atoms with Crippen LogP contribution in [0.4, 0.5) is 0 Å². The van der Waals surface area contributed by atoms with E-state index in [0.29, 0.717) is 17.6 Å². The lowest BCUT2D eigenvalue weighted by Gasteiger charge is -2.29. The van der Waals surface area contributed by atoms with Crippen LogP contribution in [0.5, 0.6) is 0 Å². The van der Waals surface area contributed by atoms with E-state index >= 15 is 0 Å². The zero-order valence-electron chi connectivity index (χ0n) is 14.4. The number of rotatable bonds is 6. The van der Waals surface area contributed by atoms with Gasteiger partial charge in [-0.2, -0.15) is 0 Å². The molecule has 1 aromatic rings. The second kappa shape index (κ2) is 6.84. The maximum atomic E-state index is 13.0. The van der Waals surface area contributed by atoms with Crippen LogP contribution in [0.3, 0.4) is 0 Å². The van der Waals surface area contributed by atoms with E-state index in [2.05, 4.69) is 4.72 Å². The van der Waals surface area contributed by atoms with E-state index in [1.54, 1.807) is 32.0 Å². The molecule has 0 radical (unpaired) electrons. The lowest BCUT2D eigenvalue weighted by molar-refractivity contribution is 0.0664. The zero-order valence-corrected chi connectivity index (χ0v) is 15.2. The second-order valence-corrected chi connectivity index (χ2v) is 8.90. The lowest BCUT2D eigenvalue weighted by Crippen LogP contribution is -2.40. The smallest absolute Gasteiger partial charge is 0.254 e. The van der Waals surface area contributed by atoms with E-state index < -0.39 is 10.0 Å². The first-order valence-electron chi connectivity index (χ1n) is 8.83. The van der Waals surface area contributed by atoms with Crippen molar-refractivity contribution in [3.05, 3.63) is 29.8 Å². The van der Waals surface area contributed by atoms with Crippen LogP contribution in [-0.2, 0) is 10.0 Å². The van der Waals surface area contributed by atoms with Crippen molar-refractivity contribution >= 4 is 15.9 Å². The number of carbonyl (C=O) groups is 1.